The quantitative estimate of drug-likeness (QED) is 0.779. The maximum atomic E-state index is 5.55. The fraction of sp³-hybridized carbons (Fsp3) is 0.364. The maximum Gasteiger partial charge on any atom is 0.0719 e. The molecule has 0 aliphatic carbocycles. The summed E-state index contributed by atoms with van der Waals surface area (Å²) >= 11 is 1.77. The van der Waals surface area contributed by atoms with Crippen LogP contribution in [0.2, 0.25) is 0 Å². The van der Waals surface area contributed by atoms with Crippen molar-refractivity contribution in [2.75, 3.05) is 18.9 Å². The van der Waals surface area contributed by atoms with Crippen molar-refractivity contribution in [2.45, 2.75) is 13.0 Å². The predicted molar refractivity (Wildman–Crippen MR) is 65.5 cm³/mol. The highest BCUT2D eigenvalue weighted by Crippen LogP contribution is 2.08. The van der Waals surface area contributed by atoms with E-state index >= 15 is 0 Å². The van der Waals surface area contributed by atoms with Crippen molar-refractivity contribution < 1.29 is 4.74 Å². The molecule has 2 N–H and O–H groups in total. The zero-order chi connectivity index (χ0) is 11.2. The third kappa shape index (κ3) is 3.36. The second kappa shape index (κ2) is 5.67. The van der Waals surface area contributed by atoms with Crippen molar-refractivity contribution in [1.82, 2.24) is 9.78 Å². The highest BCUT2D eigenvalue weighted by molar-refractivity contribution is 7.09. The van der Waals surface area contributed by atoms with E-state index in [-0.39, 0.29) is 0 Å². The lowest BCUT2D eigenvalue weighted by Crippen LogP contribution is -2.07. The van der Waals surface area contributed by atoms with E-state index in [4.69, 9.17) is 10.5 Å². The molecule has 2 rings (SSSR count). The van der Waals surface area contributed by atoms with Gasteiger partial charge in [-0.2, -0.15) is 5.10 Å². The van der Waals surface area contributed by atoms with Gasteiger partial charge in [0.25, 0.3) is 0 Å². The molecule has 0 aliphatic rings. The van der Waals surface area contributed by atoms with Crippen molar-refractivity contribution in [1.29, 1.82) is 0 Å². The van der Waals surface area contributed by atoms with Crippen LogP contribution in [0.3, 0.4) is 0 Å². The van der Waals surface area contributed by atoms with Crippen LogP contribution in [-0.2, 0) is 17.7 Å². The lowest BCUT2D eigenvalue weighted by molar-refractivity contribution is 0.127. The minimum absolute atomic E-state index is 0.673. The van der Waals surface area contributed by atoms with Gasteiger partial charge in [-0.1, -0.05) is 6.07 Å². The Labute approximate surface area is 98.6 Å². The molecule has 0 radical (unpaired) electrons. The first kappa shape index (κ1) is 11.2. The number of hydrogen-bond donors (Lipinski definition) is 1. The topological polar surface area (TPSA) is 53.1 Å². The van der Waals surface area contributed by atoms with E-state index < -0.39 is 0 Å². The average molecular weight is 237 g/mol. The first-order valence-electron chi connectivity index (χ1n) is 5.22. The minimum Gasteiger partial charge on any atom is -0.396 e. The SMILES string of the molecule is Nc1cnn(CCOCCc2cccs2)c1. The first-order valence-corrected chi connectivity index (χ1v) is 6.10. The summed E-state index contributed by atoms with van der Waals surface area (Å²) in [5, 5.41) is 6.16. The van der Waals surface area contributed by atoms with E-state index in [0.29, 0.717) is 12.3 Å². The lowest BCUT2D eigenvalue weighted by atomic mass is 10.4. The summed E-state index contributed by atoms with van der Waals surface area (Å²) in [5.74, 6) is 0. The Kier molecular flexibility index (Phi) is 3.96. The van der Waals surface area contributed by atoms with E-state index in [9.17, 15) is 0 Å². The minimum atomic E-state index is 0.673. The molecule has 0 atom stereocenters. The Bertz CT molecular complexity index is 411. The molecule has 0 fully saturated rings. The molecule has 2 aromatic rings. The van der Waals surface area contributed by atoms with Crippen LogP contribution in [0.15, 0.2) is 29.9 Å². The molecule has 5 heteroatoms. The molecule has 0 aromatic carbocycles. The van der Waals surface area contributed by atoms with Crippen LogP contribution in [0.25, 0.3) is 0 Å². The molecular formula is C11H15N3OS. The summed E-state index contributed by atoms with van der Waals surface area (Å²) in [7, 11) is 0. The predicted octanol–water partition coefficient (Wildman–Crippen LogP) is 1.79. The van der Waals surface area contributed by atoms with Gasteiger partial charge in [-0.15, -0.1) is 11.3 Å². The summed E-state index contributed by atoms with van der Waals surface area (Å²) in [6.07, 6.45) is 4.44. The van der Waals surface area contributed by atoms with Crippen LogP contribution in [0.1, 0.15) is 4.88 Å². The Hall–Kier alpha value is -1.33. The molecule has 0 amide bonds. The molecule has 0 spiro atoms. The summed E-state index contributed by atoms with van der Waals surface area (Å²) in [5.41, 5.74) is 6.24. The average Bonchev–Trinajstić information content (AvgIpc) is 2.89. The third-order valence-electron chi connectivity index (χ3n) is 2.19. The molecule has 2 aromatic heterocycles. The first-order chi connectivity index (χ1) is 7.84. The molecule has 0 unspecified atom stereocenters. The van der Waals surface area contributed by atoms with Gasteiger partial charge < -0.3 is 10.5 Å². The Morgan fingerprint density at radius 1 is 1.44 bits per heavy atom. The number of anilines is 1. The van der Waals surface area contributed by atoms with E-state index in [1.54, 1.807) is 22.2 Å². The van der Waals surface area contributed by atoms with Gasteiger partial charge in [-0.25, -0.2) is 0 Å². The van der Waals surface area contributed by atoms with Crippen LogP contribution in [0.5, 0.6) is 0 Å². The maximum absolute atomic E-state index is 5.55. The van der Waals surface area contributed by atoms with Gasteiger partial charge in [-0.3, -0.25) is 4.68 Å². The number of nitrogens with zero attached hydrogens (tertiary/aromatic N) is 2. The van der Waals surface area contributed by atoms with Crippen LogP contribution in [-0.4, -0.2) is 23.0 Å². The second-order valence-corrected chi connectivity index (χ2v) is 4.51. The number of thiophene rings is 1. The fourth-order valence-corrected chi connectivity index (χ4v) is 2.08. The van der Waals surface area contributed by atoms with Crippen LogP contribution >= 0.6 is 11.3 Å². The number of nitrogens with two attached hydrogens (primary N) is 1. The smallest absolute Gasteiger partial charge is 0.0719 e. The third-order valence-corrected chi connectivity index (χ3v) is 3.13. The van der Waals surface area contributed by atoms with E-state index in [2.05, 4.69) is 22.6 Å². The Morgan fingerprint density at radius 3 is 3.06 bits per heavy atom. The van der Waals surface area contributed by atoms with Crippen LogP contribution < -0.4 is 5.73 Å². The van der Waals surface area contributed by atoms with E-state index in [1.807, 2.05) is 6.20 Å². The number of rotatable bonds is 6. The molecule has 0 bridgehead atoms. The highest BCUT2D eigenvalue weighted by Gasteiger charge is 1.96. The van der Waals surface area contributed by atoms with Gasteiger partial charge in [0.1, 0.15) is 0 Å². The van der Waals surface area contributed by atoms with Gasteiger partial charge in [0, 0.05) is 17.5 Å². The standard InChI is InChI=1S/C11H15N3OS/c12-10-8-13-14(9-10)4-6-15-5-3-11-2-1-7-16-11/h1-2,7-9H,3-6,12H2. The molecule has 2 heterocycles. The molecule has 0 saturated heterocycles. The number of aromatic nitrogens is 2. The van der Waals surface area contributed by atoms with Crippen molar-refractivity contribution in [3.63, 3.8) is 0 Å². The fourth-order valence-electron chi connectivity index (χ4n) is 1.39. The van der Waals surface area contributed by atoms with Gasteiger partial charge in [0.15, 0.2) is 0 Å². The largest absolute Gasteiger partial charge is 0.396 e. The number of ether oxygens (including phenoxy) is 1. The monoisotopic (exact) mass is 237 g/mol. The molecule has 4 nitrogen and oxygen atoms in total. The normalized spacial score (nSPS) is 10.8. The zero-order valence-corrected chi connectivity index (χ0v) is 9.82. The zero-order valence-electron chi connectivity index (χ0n) is 9.00. The van der Waals surface area contributed by atoms with E-state index in [0.717, 1.165) is 19.6 Å². The van der Waals surface area contributed by atoms with Gasteiger partial charge in [0.2, 0.25) is 0 Å². The van der Waals surface area contributed by atoms with E-state index in [1.165, 1.54) is 4.88 Å². The second-order valence-electron chi connectivity index (χ2n) is 3.48. The van der Waals surface area contributed by atoms with Crippen molar-refractivity contribution in [3.05, 3.63) is 34.8 Å². The van der Waals surface area contributed by atoms with Crippen molar-refractivity contribution in [2.24, 2.45) is 0 Å². The van der Waals surface area contributed by atoms with Crippen LogP contribution in [0, 0.1) is 0 Å². The van der Waals surface area contributed by atoms with Crippen molar-refractivity contribution in [3.8, 4) is 0 Å². The molecule has 0 saturated carbocycles. The summed E-state index contributed by atoms with van der Waals surface area (Å²) < 4.78 is 7.32. The lowest BCUT2D eigenvalue weighted by Gasteiger charge is -2.03. The Morgan fingerprint density at radius 2 is 2.38 bits per heavy atom. The van der Waals surface area contributed by atoms with Gasteiger partial charge >= 0.3 is 0 Å². The molecule has 0 aliphatic heterocycles. The van der Waals surface area contributed by atoms with Crippen LogP contribution in [0.4, 0.5) is 5.69 Å². The molecular weight excluding hydrogens is 222 g/mol. The number of nitrogen functional groups attached to an aromatic ring is 1. The summed E-state index contributed by atoms with van der Waals surface area (Å²) in [6, 6.07) is 4.19. The molecule has 86 valence electrons. The van der Waals surface area contributed by atoms with Gasteiger partial charge in [-0.05, 0) is 11.4 Å². The summed E-state index contributed by atoms with van der Waals surface area (Å²) in [4.78, 5) is 1.36. The summed E-state index contributed by atoms with van der Waals surface area (Å²) in [6.45, 7) is 2.19. The number of hydrogen-bond acceptors (Lipinski definition) is 4. The molecule has 16 heavy (non-hydrogen) atoms. The highest BCUT2D eigenvalue weighted by atomic mass is 32.1. The Balaban J connectivity index is 1.59. The van der Waals surface area contributed by atoms with Gasteiger partial charge in [0.05, 0.1) is 31.6 Å². The van der Waals surface area contributed by atoms with Crippen molar-refractivity contribution >= 4 is 17.0 Å².